The van der Waals surface area contributed by atoms with Crippen molar-refractivity contribution in [2.24, 2.45) is 5.41 Å². The molecule has 4 rings (SSSR count). The Hall–Kier alpha value is -1.55. The summed E-state index contributed by atoms with van der Waals surface area (Å²) in [7, 11) is 1.70. The molecule has 2 aliphatic heterocycles. The van der Waals surface area contributed by atoms with Crippen LogP contribution in [-0.4, -0.2) is 50.0 Å². The topological polar surface area (TPSA) is 32.8 Å². The molecule has 1 aromatic rings. The van der Waals surface area contributed by atoms with Gasteiger partial charge < -0.3 is 14.5 Å². The summed E-state index contributed by atoms with van der Waals surface area (Å²) in [6.07, 6.45) is 9.60. The molecule has 142 valence electrons. The van der Waals surface area contributed by atoms with Gasteiger partial charge in [0, 0.05) is 24.7 Å². The summed E-state index contributed by atoms with van der Waals surface area (Å²) in [4.78, 5) is 16.8. The lowest BCUT2D eigenvalue weighted by Gasteiger charge is -2.50. The lowest BCUT2D eigenvalue weighted by molar-refractivity contribution is 0.0305. The summed E-state index contributed by atoms with van der Waals surface area (Å²) in [6.45, 7) is 6.41. The number of likely N-dealkylation sites (tertiary alicyclic amines) is 1. The average Bonchev–Trinajstić information content (AvgIpc) is 2.62. The molecule has 1 spiro atoms. The summed E-state index contributed by atoms with van der Waals surface area (Å²) in [5.41, 5.74) is 2.42. The number of hydrogen-bond acceptors (Lipinski definition) is 4. The predicted octanol–water partition coefficient (Wildman–Crippen LogP) is 4.13. The third-order valence-corrected chi connectivity index (χ3v) is 7.20. The van der Waals surface area contributed by atoms with Crippen LogP contribution in [0.4, 0.5) is 5.69 Å². The first-order valence-electron chi connectivity index (χ1n) is 10.3. The van der Waals surface area contributed by atoms with Gasteiger partial charge in [-0.3, -0.25) is 4.79 Å². The summed E-state index contributed by atoms with van der Waals surface area (Å²) in [6, 6.07) is 6.78. The molecule has 0 N–H and O–H groups in total. The molecule has 3 aliphatic rings. The van der Waals surface area contributed by atoms with Crippen molar-refractivity contribution in [3.05, 3.63) is 23.8 Å². The van der Waals surface area contributed by atoms with E-state index in [1.54, 1.807) is 14.0 Å². The molecule has 3 fully saturated rings. The number of carbonyl (C=O) groups is 1. The van der Waals surface area contributed by atoms with E-state index in [9.17, 15) is 4.79 Å². The van der Waals surface area contributed by atoms with Gasteiger partial charge in [0.15, 0.2) is 5.78 Å². The molecule has 0 aromatic heterocycles. The minimum Gasteiger partial charge on any atom is -0.495 e. The Morgan fingerprint density at radius 2 is 1.73 bits per heavy atom. The highest BCUT2D eigenvalue weighted by atomic mass is 16.5. The monoisotopic (exact) mass is 356 g/mol. The Labute approximate surface area is 157 Å². The van der Waals surface area contributed by atoms with E-state index in [0.29, 0.717) is 5.41 Å². The fraction of sp³-hybridized carbons (Fsp3) is 0.682. The number of anilines is 1. The van der Waals surface area contributed by atoms with E-state index in [1.165, 1.54) is 58.0 Å². The SMILES string of the molecule is COc1cc(C(C)=O)ccc1N1CCC2(CC1)CCN(C1CCC1)CC2. The second kappa shape index (κ2) is 7.22. The van der Waals surface area contributed by atoms with E-state index in [2.05, 4.69) is 15.9 Å². The Kier molecular flexibility index (Phi) is 4.96. The van der Waals surface area contributed by atoms with Crippen LogP contribution in [0, 0.1) is 5.41 Å². The molecule has 1 saturated carbocycles. The lowest BCUT2D eigenvalue weighted by atomic mass is 9.70. The normalized spacial score (nSPS) is 23.7. The van der Waals surface area contributed by atoms with Gasteiger partial charge in [0.1, 0.15) is 5.75 Å². The van der Waals surface area contributed by atoms with E-state index in [1.807, 2.05) is 12.1 Å². The van der Waals surface area contributed by atoms with Crippen molar-refractivity contribution in [1.82, 2.24) is 4.90 Å². The zero-order valence-electron chi connectivity index (χ0n) is 16.3. The first kappa shape index (κ1) is 17.8. The third kappa shape index (κ3) is 3.36. The van der Waals surface area contributed by atoms with Gasteiger partial charge in [0.2, 0.25) is 0 Å². The van der Waals surface area contributed by atoms with Gasteiger partial charge in [-0.15, -0.1) is 0 Å². The van der Waals surface area contributed by atoms with E-state index in [-0.39, 0.29) is 5.78 Å². The van der Waals surface area contributed by atoms with Crippen molar-refractivity contribution in [2.75, 3.05) is 38.2 Å². The summed E-state index contributed by atoms with van der Waals surface area (Å²) in [5.74, 6) is 0.916. The highest BCUT2D eigenvalue weighted by Crippen LogP contribution is 2.44. The maximum Gasteiger partial charge on any atom is 0.159 e. The van der Waals surface area contributed by atoms with Crippen LogP contribution in [0.15, 0.2) is 18.2 Å². The van der Waals surface area contributed by atoms with Gasteiger partial charge in [0.25, 0.3) is 0 Å². The minimum absolute atomic E-state index is 0.0886. The molecule has 26 heavy (non-hydrogen) atoms. The molecular weight excluding hydrogens is 324 g/mol. The average molecular weight is 357 g/mol. The lowest BCUT2D eigenvalue weighted by Crippen LogP contribution is -2.50. The number of Topliss-reactive ketones (excluding diaryl/α,β-unsaturated/α-hetero) is 1. The minimum atomic E-state index is 0.0886. The van der Waals surface area contributed by atoms with Crippen LogP contribution >= 0.6 is 0 Å². The fourth-order valence-electron chi connectivity index (χ4n) is 5.00. The number of benzene rings is 1. The molecular formula is C22H32N2O2. The van der Waals surface area contributed by atoms with Crippen molar-refractivity contribution in [3.8, 4) is 5.75 Å². The molecule has 2 saturated heterocycles. The summed E-state index contributed by atoms with van der Waals surface area (Å²) in [5, 5.41) is 0. The van der Waals surface area contributed by atoms with Crippen LogP contribution in [0.25, 0.3) is 0 Å². The maximum atomic E-state index is 11.6. The van der Waals surface area contributed by atoms with Gasteiger partial charge in [-0.05, 0) is 82.2 Å². The maximum absolute atomic E-state index is 11.6. The second-order valence-electron chi connectivity index (χ2n) is 8.55. The number of ether oxygens (including phenoxy) is 1. The van der Waals surface area contributed by atoms with E-state index < -0.39 is 0 Å². The number of carbonyl (C=O) groups excluding carboxylic acids is 1. The quantitative estimate of drug-likeness (QED) is 0.760. The highest BCUT2D eigenvalue weighted by molar-refractivity contribution is 5.95. The Bertz CT molecular complexity index is 650. The van der Waals surface area contributed by atoms with Gasteiger partial charge in [-0.25, -0.2) is 0 Å². The molecule has 0 unspecified atom stereocenters. The van der Waals surface area contributed by atoms with Crippen LogP contribution < -0.4 is 9.64 Å². The molecule has 4 heteroatoms. The largest absolute Gasteiger partial charge is 0.495 e. The number of rotatable bonds is 4. The van der Waals surface area contributed by atoms with Crippen LogP contribution in [0.5, 0.6) is 5.75 Å². The molecule has 4 nitrogen and oxygen atoms in total. The van der Waals surface area contributed by atoms with Gasteiger partial charge in [-0.2, -0.15) is 0 Å². The highest BCUT2D eigenvalue weighted by Gasteiger charge is 2.40. The predicted molar refractivity (Wildman–Crippen MR) is 105 cm³/mol. The smallest absolute Gasteiger partial charge is 0.159 e. The van der Waals surface area contributed by atoms with Crippen molar-refractivity contribution < 1.29 is 9.53 Å². The zero-order chi connectivity index (χ0) is 18.1. The van der Waals surface area contributed by atoms with Gasteiger partial charge in [0.05, 0.1) is 12.8 Å². The molecule has 0 atom stereocenters. The summed E-state index contributed by atoms with van der Waals surface area (Å²) < 4.78 is 5.58. The third-order valence-electron chi connectivity index (χ3n) is 7.20. The van der Waals surface area contributed by atoms with Gasteiger partial charge >= 0.3 is 0 Å². The number of piperidine rings is 2. The number of ketones is 1. The van der Waals surface area contributed by atoms with Crippen LogP contribution in [-0.2, 0) is 0 Å². The van der Waals surface area contributed by atoms with Crippen LogP contribution in [0.1, 0.15) is 62.2 Å². The molecule has 2 heterocycles. The summed E-state index contributed by atoms with van der Waals surface area (Å²) >= 11 is 0. The van der Waals surface area contributed by atoms with E-state index in [4.69, 9.17) is 4.74 Å². The Morgan fingerprint density at radius 1 is 1.08 bits per heavy atom. The Morgan fingerprint density at radius 3 is 2.27 bits per heavy atom. The van der Waals surface area contributed by atoms with Crippen molar-refractivity contribution in [2.45, 2.75) is 57.9 Å². The first-order valence-corrected chi connectivity index (χ1v) is 10.3. The molecule has 0 amide bonds. The second-order valence-corrected chi connectivity index (χ2v) is 8.55. The van der Waals surface area contributed by atoms with Gasteiger partial charge in [-0.1, -0.05) is 6.42 Å². The fourth-order valence-corrected chi connectivity index (χ4v) is 5.00. The number of nitrogens with zero attached hydrogens (tertiary/aromatic N) is 2. The molecule has 0 bridgehead atoms. The zero-order valence-corrected chi connectivity index (χ0v) is 16.3. The van der Waals surface area contributed by atoms with E-state index >= 15 is 0 Å². The standard InChI is InChI=1S/C22H32N2O2/c1-17(25)18-6-7-20(21(16-18)26-2)24-14-10-22(11-15-24)8-12-23(13-9-22)19-4-3-5-19/h6-7,16,19H,3-5,8-15H2,1-2H3. The van der Waals surface area contributed by atoms with Crippen molar-refractivity contribution >= 4 is 11.5 Å². The number of hydrogen-bond donors (Lipinski definition) is 0. The van der Waals surface area contributed by atoms with Crippen LogP contribution in [0.2, 0.25) is 0 Å². The molecule has 1 aromatic carbocycles. The number of methoxy groups -OCH3 is 1. The van der Waals surface area contributed by atoms with E-state index in [0.717, 1.165) is 36.1 Å². The first-order chi connectivity index (χ1) is 12.6. The van der Waals surface area contributed by atoms with Crippen molar-refractivity contribution in [3.63, 3.8) is 0 Å². The molecule has 0 radical (unpaired) electrons. The molecule has 1 aliphatic carbocycles. The Balaban J connectivity index is 1.38. The van der Waals surface area contributed by atoms with Crippen LogP contribution in [0.3, 0.4) is 0 Å². The van der Waals surface area contributed by atoms with Crippen molar-refractivity contribution in [1.29, 1.82) is 0 Å².